The van der Waals surface area contributed by atoms with Crippen molar-refractivity contribution >= 4 is 29.7 Å². The van der Waals surface area contributed by atoms with Crippen molar-refractivity contribution in [2.75, 3.05) is 7.05 Å². The second kappa shape index (κ2) is 6.82. The van der Waals surface area contributed by atoms with Crippen LogP contribution in [0.25, 0.3) is 0 Å². The Morgan fingerprint density at radius 1 is 1.67 bits per heavy atom. The van der Waals surface area contributed by atoms with Gasteiger partial charge in [0.25, 0.3) is 0 Å². The molecule has 1 heterocycles. The summed E-state index contributed by atoms with van der Waals surface area (Å²) in [6, 6.07) is 3.96. The molecule has 86 valence electrons. The highest BCUT2D eigenvalue weighted by atomic mass is 35.5. The fourth-order valence-corrected chi connectivity index (χ4v) is 1.91. The quantitative estimate of drug-likeness (QED) is 0.884. The van der Waals surface area contributed by atoms with E-state index in [9.17, 15) is 4.79 Å². The molecule has 1 rings (SSSR count). The maximum Gasteiger partial charge on any atom is 0.224 e. The number of amides is 1. The molecule has 5 heteroatoms. The number of thiophene rings is 1. The molecule has 0 aliphatic carbocycles. The number of rotatable bonds is 4. The van der Waals surface area contributed by atoms with Gasteiger partial charge in [0.1, 0.15) is 0 Å². The van der Waals surface area contributed by atoms with Gasteiger partial charge in [0, 0.05) is 24.4 Å². The monoisotopic (exact) mass is 248 g/mol. The van der Waals surface area contributed by atoms with E-state index in [2.05, 4.69) is 0 Å². The van der Waals surface area contributed by atoms with E-state index in [1.807, 2.05) is 31.5 Å². The van der Waals surface area contributed by atoms with Gasteiger partial charge in [-0.2, -0.15) is 0 Å². The van der Waals surface area contributed by atoms with Gasteiger partial charge < -0.3 is 10.6 Å². The van der Waals surface area contributed by atoms with Crippen LogP contribution in [0.2, 0.25) is 0 Å². The second-order valence-corrected chi connectivity index (χ2v) is 4.54. The van der Waals surface area contributed by atoms with Gasteiger partial charge in [-0.25, -0.2) is 0 Å². The highest BCUT2D eigenvalue weighted by Gasteiger charge is 2.11. The maximum absolute atomic E-state index is 11.5. The first kappa shape index (κ1) is 14.4. The third-order valence-corrected chi connectivity index (χ3v) is 2.76. The number of hydrogen-bond acceptors (Lipinski definition) is 3. The minimum atomic E-state index is -0.0618. The first-order valence-corrected chi connectivity index (χ1v) is 5.49. The van der Waals surface area contributed by atoms with Gasteiger partial charge in [0.15, 0.2) is 0 Å². The number of nitrogens with zero attached hydrogens (tertiary/aromatic N) is 1. The largest absolute Gasteiger partial charge is 0.341 e. The van der Waals surface area contributed by atoms with Crippen molar-refractivity contribution in [3.8, 4) is 0 Å². The van der Waals surface area contributed by atoms with Crippen LogP contribution >= 0.6 is 23.7 Å². The first-order chi connectivity index (χ1) is 6.59. The van der Waals surface area contributed by atoms with E-state index < -0.39 is 0 Å². The van der Waals surface area contributed by atoms with E-state index in [-0.39, 0.29) is 24.4 Å². The van der Waals surface area contributed by atoms with Crippen LogP contribution in [-0.4, -0.2) is 23.9 Å². The minimum Gasteiger partial charge on any atom is -0.341 e. The number of hydrogen-bond donors (Lipinski definition) is 1. The summed E-state index contributed by atoms with van der Waals surface area (Å²) < 4.78 is 0. The summed E-state index contributed by atoms with van der Waals surface area (Å²) in [5, 5.41) is 2.01. The molecule has 0 aromatic carbocycles. The van der Waals surface area contributed by atoms with Gasteiger partial charge in [0.2, 0.25) is 5.91 Å². The molecule has 3 nitrogen and oxygen atoms in total. The highest BCUT2D eigenvalue weighted by molar-refractivity contribution is 7.09. The molecule has 0 spiro atoms. The van der Waals surface area contributed by atoms with Gasteiger partial charge in [-0.3, -0.25) is 4.79 Å². The predicted octanol–water partition coefficient (Wildman–Crippen LogP) is 1.87. The van der Waals surface area contributed by atoms with Crippen molar-refractivity contribution in [1.29, 1.82) is 0 Å². The molecule has 2 N–H and O–H groups in total. The molecule has 1 aromatic rings. The van der Waals surface area contributed by atoms with Crippen molar-refractivity contribution < 1.29 is 4.79 Å². The molecule has 0 aliphatic heterocycles. The van der Waals surface area contributed by atoms with Crippen molar-refractivity contribution in [3.63, 3.8) is 0 Å². The molecular formula is C10H17ClN2OS. The maximum atomic E-state index is 11.5. The van der Waals surface area contributed by atoms with Crippen molar-refractivity contribution in [2.24, 2.45) is 5.73 Å². The van der Waals surface area contributed by atoms with Gasteiger partial charge in [-0.05, 0) is 18.4 Å². The van der Waals surface area contributed by atoms with Gasteiger partial charge in [-0.15, -0.1) is 23.7 Å². The van der Waals surface area contributed by atoms with Crippen LogP contribution in [0.15, 0.2) is 17.5 Å². The number of carbonyl (C=O) groups excluding carboxylic acids is 1. The Morgan fingerprint density at radius 3 is 2.80 bits per heavy atom. The Bertz CT molecular complexity index is 288. The summed E-state index contributed by atoms with van der Waals surface area (Å²) in [4.78, 5) is 14.4. The van der Waals surface area contributed by atoms with Gasteiger partial charge in [-0.1, -0.05) is 6.07 Å². The second-order valence-electron chi connectivity index (χ2n) is 3.51. The zero-order valence-corrected chi connectivity index (χ0v) is 10.6. The number of carbonyl (C=O) groups is 1. The van der Waals surface area contributed by atoms with Gasteiger partial charge >= 0.3 is 0 Å². The molecule has 15 heavy (non-hydrogen) atoms. The van der Waals surface area contributed by atoms with Crippen molar-refractivity contribution in [1.82, 2.24) is 4.90 Å². The molecule has 0 aliphatic rings. The molecule has 1 amide bonds. The molecular weight excluding hydrogens is 232 g/mol. The Kier molecular flexibility index (Phi) is 6.56. The topological polar surface area (TPSA) is 46.3 Å². The Hall–Kier alpha value is -0.580. The SMILES string of the molecule is CC(N)CC(=O)N(C)Cc1cccs1.Cl. The summed E-state index contributed by atoms with van der Waals surface area (Å²) in [6.07, 6.45) is 0.419. The summed E-state index contributed by atoms with van der Waals surface area (Å²) in [7, 11) is 1.81. The standard InChI is InChI=1S/C10H16N2OS.ClH/c1-8(11)6-10(13)12(2)7-9-4-3-5-14-9;/h3-5,8H,6-7,11H2,1-2H3;1H. The van der Waals surface area contributed by atoms with E-state index in [4.69, 9.17) is 5.73 Å². The normalized spacial score (nSPS) is 11.7. The Morgan fingerprint density at radius 2 is 2.33 bits per heavy atom. The van der Waals surface area contributed by atoms with Crippen LogP contribution in [0.5, 0.6) is 0 Å². The van der Waals surface area contributed by atoms with E-state index >= 15 is 0 Å². The summed E-state index contributed by atoms with van der Waals surface area (Å²) in [6.45, 7) is 2.53. The average molecular weight is 249 g/mol. The lowest BCUT2D eigenvalue weighted by Gasteiger charge is -2.17. The van der Waals surface area contributed by atoms with Crippen LogP contribution in [-0.2, 0) is 11.3 Å². The van der Waals surface area contributed by atoms with Crippen LogP contribution < -0.4 is 5.73 Å². The lowest BCUT2D eigenvalue weighted by atomic mass is 10.2. The third-order valence-electron chi connectivity index (χ3n) is 1.90. The summed E-state index contributed by atoms with van der Waals surface area (Å²) in [5.41, 5.74) is 5.56. The Labute approximate surface area is 101 Å². The summed E-state index contributed by atoms with van der Waals surface area (Å²) >= 11 is 1.66. The average Bonchev–Trinajstić information content (AvgIpc) is 2.55. The number of halogens is 1. The number of nitrogens with two attached hydrogens (primary N) is 1. The van der Waals surface area contributed by atoms with E-state index in [0.717, 1.165) is 0 Å². The van der Waals surface area contributed by atoms with E-state index in [1.165, 1.54) is 4.88 Å². The molecule has 1 aromatic heterocycles. The molecule has 0 saturated heterocycles. The van der Waals surface area contributed by atoms with Crippen LogP contribution in [0.1, 0.15) is 18.2 Å². The van der Waals surface area contributed by atoms with Crippen molar-refractivity contribution in [2.45, 2.75) is 25.9 Å². The van der Waals surface area contributed by atoms with Crippen LogP contribution in [0.3, 0.4) is 0 Å². The smallest absolute Gasteiger partial charge is 0.224 e. The Balaban J connectivity index is 0.00000196. The molecule has 1 unspecified atom stereocenters. The van der Waals surface area contributed by atoms with Gasteiger partial charge in [0.05, 0.1) is 6.54 Å². The zero-order valence-electron chi connectivity index (χ0n) is 8.97. The minimum absolute atomic E-state index is 0. The third kappa shape index (κ3) is 5.16. The van der Waals surface area contributed by atoms with Crippen molar-refractivity contribution in [3.05, 3.63) is 22.4 Å². The van der Waals surface area contributed by atoms with E-state index in [0.29, 0.717) is 13.0 Å². The lowest BCUT2D eigenvalue weighted by Crippen LogP contribution is -2.31. The van der Waals surface area contributed by atoms with E-state index in [1.54, 1.807) is 16.2 Å². The lowest BCUT2D eigenvalue weighted by molar-refractivity contribution is -0.130. The van der Waals surface area contributed by atoms with Crippen LogP contribution in [0.4, 0.5) is 0 Å². The molecule has 1 atom stereocenters. The zero-order chi connectivity index (χ0) is 10.6. The molecule has 0 bridgehead atoms. The fourth-order valence-electron chi connectivity index (χ4n) is 1.16. The molecule has 0 saturated carbocycles. The van der Waals surface area contributed by atoms with Crippen LogP contribution in [0, 0.1) is 0 Å². The first-order valence-electron chi connectivity index (χ1n) is 4.61. The fraction of sp³-hybridized carbons (Fsp3) is 0.500. The summed E-state index contributed by atoms with van der Waals surface area (Å²) in [5.74, 6) is 0.105. The molecule has 0 radical (unpaired) electrons. The predicted molar refractivity (Wildman–Crippen MR) is 66.3 cm³/mol. The molecule has 0 fully saturated rings. The highest BCUT2D eigenvalue weighted by Crippen LogP contribution is 2.11.